The van der Waals surface area contributed by atoms with Gasteiger partial charge in [-0.3, -0.25) is 0 Å². The number of hydrogen-bond donors (Lipinski definition) is 0. The van der Waals surface area contributed by atoms with Gasteiger partial charge < -0.3 is 4.57 Å². The molecule has 0 saturated carbocycles. The van der Waals surface area contributed by atoms with Gasteiger partial charge in [0.05, 0.1) is 11.7 Å². The standard InChI is InChI=1S/C18H17ClN2S/c19-18(12-21-11-10-20-14-21)16-6-8-17(9-7-16)22-13-15-4-2-1-3-5-15/h1-11,14,18H,12-13H2. The molecule has 1 atom stereocenters. The first-order chi connectivity index (χ1) is 10.8. The van der Waals surface area contributed by atoms with Crippen LogP contribution in [0, 0.1) is 0 Å². The molecule has 4 heteroatoms. The molecule has 0 aliphatic heterocycles. The van der Waals surface area contributed by atoms with Gasteiger partial charge in [0.25, 0.3) is 0 Å². The normalized spacial score (nSPS) is 12.2. The van der Waals surface area contributed by atoms with Crippen molar-refractivity contribution in [3.05, 3.63) is 84.4 Å². The second-order valence-corrected chi connectivity index (χ2v) is 6.65. The van der Waals surface area contributed by atoms with E-state index in [-0.39, 0.29) is 5.38 Å². The number of alkyl halides is 1. The lowest BCUT2D eigenvalue weighted by molar-refractivity contribution is 0.677. The highest BCUT2D eigenvalue weighted by Gasteiger charge is 2.08. The molecule has 0 aliphatic carbocycles. The largest absolute Gasteiger partial charge is 0.336 e. The van der Waals surface area contributed by atoms with Gasteiger partial charge >= 0.3 is 0 Å². The quantitative estimate of drug-likeness (QED) is 0.459. The smallest absolute Gasteiger partial charge is 0.0946 e. The SMILES string of the molecule is ClC(Cn1ccnc1)c1ccc(SCc2ccccc2)cc1. The van der Waals surface area contributed by atoms with Crippen molar-refractivity contribution in [3.8, 4) is 0 Å². The van der Waals surface area contributed by atoms with Gasteiger partial charge in [0.15, 0.2) is 0 Å². The Bertz CT molecular complexity index is 681. The summed E-state index contributed by atoms with van der Waals surface area (Å²) in [5.74, 6) is 0.986. The fourth-order valence-corrected chi connectivity index (χ4v) is 3.36. The van der Waals surface area contributed by atoms with Crippen LogP contribution in [0.3, 0.4) is 0 Å². The summed E-state index contributed by atoms with van der Waals surface area (Å²) in [6, 6.07) is 19.0. The minimum atomic E-state index is -0.0395. The third-order valence-electron chi connectivity index (χ3n) is 3.42. The van der Waals surface area contributed by atoms with Crippen LogP contribution >= 0.6 is 23.4 Å². The van der Waals surface area contributed by atoms with Gasteiger partial charge in [-0.15, -0.1) is 23.4 Å². The van der Waals surface area contributed by atoms with Crippen LogP contribution in [0.25, 0.3) is 0 Å². The molecule has 0 bridgehead atoms. The maximum Gasteiger partial charge on any atom is 0.0946 e. The number of halogens is 1. The van der Waals surface area contributed by atoms with E-state index in [9.17, 15) is 0 Å². The zero-order valence-electron chi connectivity index (χ0n) is 12.1. The molecule has 2 nitrogen and oxygen atoms in total. The predicted octanol–water partition coefficient (Wildman–Crippen LogP) is 5.16. The lowest BCUT2D eigenvalue weighted by Gasteiger charge is -2.11. The molecule has 0 aliphatic rings. The molecule has 2 aromatic carbocycles. The van der Waals surface area contributed by atoms with Crippen LogP contribution < -0.4 is 0 Å². The van der Waals surface area contributed by atoms with Gasteiger partial charge in [-0.2, -0.15) is 0 Å². The lowest BCUT2D eigenvalue weighted by atomic mass is 10.1. The fourth-order valence-electron chi connectivity index (χ4n) is 2.20. The summed E-state index contributed by atoms with van der Waals surface area (Å²) in [5, 5.41) is -0.0395. The van der Waals surface area contributed by atoms with Gasteiger partial charge in [0, 0.05) is 29.6 Å². The maximum atomic E-state index is 6.47. The van der Waals surface area contributed by atoms with Crippen LogP contribution in [-0.4, -0.2) is 9.55 Å². The molecule has 0 saturated heterocycles. The molecule has 0 fully saturated rings. The van der Waals surface area contributed by atoms with Crippen molar-refractivity contribution in [2.24, 2.45) is 0 Å². The summed E-state index contributed by atoms with van der Waals surface area (Å²) in [6.45, 7) is 0.734. The van der Waals surface area contributed by atoms with Gasteiger partial charge in [-0.1, -0.05) is 42.5 Å². The number of imidazole rings is 1. The van der Waals surface area contributed by atoms with Crippen LogP contribution in [0.2, 0.25) is 0 Å². The Morgan fingerprint density at radius 1 is 1.05 bits per heavy atom. The van der Waals surface area contributed by atoms with Crippen molar-refractivity contribution in [2.75, 3.05) is 0 Å². The van der Waals surface area contributed by atoms with Crippen LogP contribution in [-0.2, 0) is 12.3 Å². The molecule has 22 heavy (non-hydrogen) atoms. The monoisotopic (exact) mass is 328 g/mol. The molecule has 3 rings (SSSR count). The van der Waals surface area contributed by atoms with Crippen molar-refractivity contribution in [3.63, 3.8) is 0 Å². The molecule has 1 unspecified atom stereocenters. The summed E-state index contributed by atoms with van der Waals surface area (Å²) < 4.78 is 2.00. The molecular weight excluding hydrogens is 312 g/mol. The molecule has 3 aromatic rings. The summed E-state index contributed by atoms with van der Waals surface area (Å²) in [5.41, 5.74) is 2.48. The van der Waals surface area contributed by atoms with Gasteiger partial charge in [0.1, 0.15) is 0 Å². The Labute approximate surface area is 140 Å². The predicted molar refractivity (Wildman–Crippen MR) is 93.3 cm³/mol. The zero-order chi connectivity index (χ0) is 15.2. The van der Waals surface area contributed by atoms with E-state index in [1.54, 1.807) is 12.5 Å². The van der Waals surface area contributed by atoms with Crippen LogP contribution in [0.1, 0.15) is 16.5 Å². The number of thioether (sulfide) groups is 1. The van der Waals surface area contributed by atoms with Gasteiger partial charge in [-0.05, 0) is 23.3 Å². The zero-order valence-corrected chi connectivity index (χ0v) is 13.7. The van der Waals surface area contributed by atoms with E-state index < -0.39 is 0 Å². The van der Waals surface area contributed by atoms with Crippen molar-refractivity contribution in [1.29, 1.82) is 0 Å². The van der Waals surface area contributed by atoms with E-state index in [1.807, 2.05) is 28.6 Å². The molecule has 0 spiro atoms. The molecular formula is C18H17ClN2S. The second kappa shape index (κ2) is 7.52. The van der Waals surface area contributed by atoms with Crippen molar-refractivity contribution in [1.82, 2.24) is 9.55 Å². The second-order valence-electron chi connectivity index (χ2n) is 5.07. The van der Waals surface area contributed by atoms with E-state index in [0.717, 1.165) is 17.9 Å². The number of nitrogens with zero attached hydrogens (tertiary/aromatic N) is 2. The number of rotatable bonds is 6. The minimum absolute atomic E-state index is 0.0395. The summed E-state index contributed by atoms with van der Waals surface area (Å²) in [7, 11) is 0. The van der Waals surface area contributed by atoms with Gasteiger partial charge in [-0.25, -0.2) is 4.98 Å². The van der Waals surface area contributed by atoms with Crippen LogP contribution in [0.5, 0.6) is 0 Å². The minimum Gasteiger partial charge on any atom is -0.336 e. The third-order valence-corrected chi connectivity index (χ3v) is 4.89. The van der Waals surface area contributed by atoms with E-state index >= 15 is 0 Å². The first kappa shape index (κ1) is 15.2. The molecule has 0 radical (unpaired) electrons. The van der Waals surface area contributed by atoms with Crippen LogP contribution in [0.15, 0.2) is 78.2 Å². The van der Waals surface area contributed by atoms with E-state index in [0.29, 0.717) is 0 Å². The number of benzene rings is 2. The highest BCUT2D eigenvalue weighted by Crippen LogP contribution is 2.27. The van der Waals surface area contributed by atoms with Gasteiger partial charge in [0.2, 0.25) is 0 Å². The van der Waals surface area contributed by atoms with Crippen LogP contribution in [0.4, 0.5) is 0 Å². The lowest BCUT2D eigenvalue weighted by Crippen LogP contribution is -2.02. The van der Waals surface area contributed by atoms with E-state index in [4.69, 9.17) is 11.6 Å². The summed E-state index contributed by atoms with van der Waals surface area (Å²) >= 11 is 8.31. The molecule has 112 valence electrons. The molecule has 1 heterocycles. The Hall–Kier alpha value is -1.71. The Kier molecular flexibility index (Phi) is 5.20. The molecule has 0 amide bonds. The molecule has 0 N–H and O–H groups in total. The fraction of sp³-hybridized carbons (Fsp3) is 0.167. The topological polar surface area (TPSA) is 17.8 Å². The summed E-state index contributed by atoms with van der Waals surface area (Å²) in [4.78, 5) is 5.30. The molecule has 1 aromatic heterocycles. The first-order valence-corrected chi connectivity index (χ1v) is 8.60. The maximum absolute atomic E-state index is 6.47. The highest BCUT2D eigenvalue weighted by molar-refractivity contribution is 7.98. The first-order valence-electron chi connectivity index (χ1n) is 7.18. The Balaban J connectivity index is 1.58. The van der Waals surface area contributed by atoms with E-state index in [1.165, 1.54) is 10.5 Å². The summed E-state index contributed by atoms with van der Waals surface area (Å²) in [6.07, 6.45) is 5.49. The average Bonchev–Trinajstić information content (AvgIpc) is 3.07. The number of aromatic nitrogens is 2. The Morgan fingerprint density at radius 3 is 2.50 bits per heavy atom. The number of hydrogen-bond acceptors (Lipinski definition) is 2. The highest BCUT2D eigenvalue weighted by atomic mass is 35.5. The van der Waals surface area contributed by atoms with Crippen molar-refractivity contribution in [2.45, 2.75) is 22.6 Å². The van der Waals surface area contributed by atoms with Crippen molar-refractivity contribution >= 4 is 23.4 Å². The Morgan fingerprint density at radius 2 is 1.82 bits per heavy atom. The average molecular weight is 329 g/mol. The van der Waals surface area contributed by atoms with E-state index in [2.05, 4.69) is 53.5 Å². The third kappa shape index (κ3) is 4.15. The van der Waals surface area contributed by atoms with Crippen molar-refractivity contribution < 1.29 is 0 Å².